The normalized spacial score (nSPS) is 10.7. The van der Waals surface area contributed by atoms with E-state index in [9.17, 15) is 14.9 Å². The Bertz CT molecular complexity index is 1080. The van der Waals surface area contributed by atoms with Crippen molar-refractivity contribution in [3.63, 3.8) is 0 Å². The maximum absolute atomic E-state index is 12.3. The Hall–Kier alpha value is -4.20. The summed E-state index contributed by atoms with van der Waals surface area (Å²) in [5.74, 6) is 0.944. The zero-order chi connectivity index (χ0) is 22.8. The first kappa shape index (κ1) is 22.5. The molecule has 164 valence electrons. The van der Waals surface area contributed by atoms with Gasteiger partial charge in [0.15, 0.2) is 0 Å². The van der Waals surface area contributed by atoms with Gasteiger partial charge in [-0.2, -0.15) is 5.10 Å². The van der Waals surface area contributed by atoms with Crippen molar-refractivity contribution in [2.45, 2.75) is 20.0 Å². The lowest BCUT2D eigenvalue weighted by Crippen LogP contribution is -2.17. The SMILES string of the molecule is CCCOc1ccc(C(=O)N/N=C/c2ccccc2OCc2ccc([N+](=O)[O-])cc2)cc1. The summed E-state index contributed by atoms with van der Waals surface area (Å²) in [5, 5.41) is 14.8. The quantitative estimate of drug-likeness (QED) is 0.283. The largest absolute Gasteiger partial charge is 0.494 e. The van der Waals surface area contributed by atoms with Crippen LogP contribution in [-0.2, 0) is 6.61 Å². The van der Waals surface area contributed by atoms with E-state index < -0.39 is 4.92 Å². The number of hydrogen-bond donors (Lipinski definition) is 1. The number of nitrogens with one attached hydrogen (secondary N) is 1. The van der Waals surface area contributed by atoms with Crippen LogP contribution in [0, 0.1) is 10.1 Å². The highest BCUT2D eigenvalue weighted by molar-refractivity contribution is 5.95. The number of hydrogen-bond acceptors (Lipinski definition) is 6. The molecule has 3 aromatic carbocycles. The summed E-state index contributed by atoms with van der Waals surface area (Å²) >= 11 is 0. The average molecular weight is 433 g/mol. The van der Waals surface area contributed by atoms with Gasteiger partial charge in [0, 0.05) is 23.3 Å². The van der Waals surface area contributed by atoms with E-state index in [1.807, 2.05) is 19.1 Å². The van der Waals surface area contributed by atoms with E-state index >= 15 is 0 Å². The Morgan fingerprint density at radius 3 is 2.44 bits per heavy atom. The molecule has 3 rings (SSSR count). The molecular formula is C24H23N3O5. The van der Waals surface area contributed by atoms with Gasteiger partial charge in [0.25, 0.3) is 11.6 Å². The number of para-hydroxylation sites is 1. The molecule has 1 N–H and O–H groups in total. The smallest absolute Gasteiger partial charge is 0.271 e. The Morgan fingerprint density at radius 1 is 1.03 bits per heavy atom. The molecule has 0 aliphatic carbocycles. The standard InChI is InChI=1S/C24H23N3O5/c1-2-15-31-22-13-9-19(10-14-22)24(28)26-25-16-20-5-3-4-6-23(20)32-17-18-7-11-21(12-8-18)27(29)30/h3-14,16H,2,15,17H2,1H3,(H,26,28)/b25-16+. The molecule has 0 aliphatic heterocycles. The van der Waals surface area contributed by atoms with Gasteiger partial charge in [-0.25, -0.2) is 5.43 Å². The van der Waals surface area contributed by atoms with E-state index in [2.05, 4.69) is 10.5 Å². The van der Waals surface area contributed by atoms with Crippen molar-refractivity contribution in [3.05, 3.63) is 99.6 Å². The van der Waals surface area contributed by atoms with Crippen molar-refractivity contribution in [2.75, 3.05) is 6.61 Å². The number of carbonyl (C=O) groups is 1. The lowest BCUT2D eigenvalue weighted by atomic mass is 10.2. The summed E-state index contributed by atoms with van der Waals surface area (Å²) < 4.78 is 11.3. The van der Waals surface area contributed by atoms with Crippen LogP contribution in [0.3, 0.4) is 0 Å². The summed E-state index contributed by atoms with van der Waals surface area (Å²) in [6.07, 6.45) is 2.41. The van der Waals surface area contributed by atoms with Gasteiger partial charge in [-0.05, 0) is 60.5 Å². The van der Waals surface area contributed by atoms with Crippen molar-refractivity contribution >= 4 is 17.8 Å². The molecule has 0 saturated carbocycles. The van der Waals surface area contributed by atoms with Crippen LogP contribution in [0.2, 0.25) is 0 Å². The number of nitro groups is 1. The summed E-state index contributed by atoms with van der Waals surface area (Å²) in [4.78, 5) is 22.6. The topological polar surface area (TPSA) is 103 Å². The molecule has 0 aliphatic rings. The fourth-order valence-corrected chi connectivity index (χ4v) is 2.74. The molecule has 0 aromatic heterocycles. The molecule has 0 unspecified atom stereocenters. The van der Waals surface area contributed by atoms with Crippen LogP contribution < -0.4 is 14.9 Å². The van der Waals surface area contributed by atoms with E-state index in [4.69, 9.17) is 9.47 Å². The predicted molar refractivity (Wildman–Crippen MR) is 121 cm³/mol. The highest BCUT2D eigenvalue weighted by Crippen LogP contribution is 2.19. The molecular weight excluding hydrogens is 410 g/mol. The van der Waals surface area contributed by atoms with Gasteiger partial charge < -0.3 is 9.47 Å². The number of rotatable bonds is 10. The summed E-state index contributed by atoms with van der Waals surface area (Å²) in [6, 6.07) is 20.2. The molecule has 0 radical (unpaired) electrons. The van der Waals surface area contributed by atoms with Crippen molar-refractivity contribution < 1.29 is 19.2 Å². The number of amides is 1. The second-order valence-corrected chi connectivity index (χ2v) is 6.82. The highest BCUT2D eigenvalue weighted by atomic mass is 16.6. The van der Waals surface area contributed by atoms with Gasteiger partial charge in [-0.15, -0.1) is 0 Å². The van der Waals surface area contributed by atoms with Gasteiger partial charge in [0.1, 0.15) is 18.1 Å². The number of carbonyl (C=O) groups excluding carboxylic acids is 1. The monoisotopic (exact) mass is 433 g/mol. The lowest BCUT2D eigenvalue weighted by molar-refractivity contribution is -0.384. The predicted octanol–water partition coefficient (Wildman–Crippen LogP) is 4.73. The maximum atomic E-state index is 12.3. The van der Waals surface area contributed by atoms with E-state index in [1.165, 1.54) is 18.3 Å². The molecule has 0 spiro atoms. The third-order valence-electron chi connectivity index (χ3n) is 4.42. The van der Waals surface area contributed by atoms with Gasteiger partial charge in [-0.1, -0.05) is 19.1 Å². The number of nitro benzene ring substituents is 1. The number of nitrogens with zero attached hydrogens (tertiary/aromatic N) is 2. The summed E-state index contributed by atoms with van der Waals surface area (Å²) in [5.41, 5.74) is 4.46. The van der Waals surface area contributed by atoms with E-state index in [1.54, 1.807) is 48.5 Å². The Morgan fingerprint density at radius 2 is 1.75 bits per heavy atom. The fraction of sp³-hybridized carbons (Fsp3) is 0.167. The molecule has 3 aromatic rings. The van der Waals surface area contributed by atoms with Crippen LogP contribution in [0.5, 0.6) is 11.5 Å². The Kier molecular flexibility index (Phi) is 7.91. The van der Waals surface area contributed by atoms with E-state index in [0.717, 1.165) is 12.0 Å². The van der Waals surface area contributed by atoms with Crippen LogP contribution in [0.4, 0.5) is 5.69 Å². The minimum absolute atomic E-state index is 0.0279. The molecule has 0 fully saturated rings. The van der Waals surface area contributed by atoms with Gasteiger partial charge in [0.2, 0.25) is 0 Å². The van der Waals surface area contributed by atoms with Crippen molar-refractivity contribution in [3.8, 4) is 11.5 Å². The second kappa shape index (κ2) is 11.3. The van der Waals surface area contributed by atoms with Crippen molar-refractivity contribution in [1.82, 2.24) is 5.43 Å². The third-order valence-corrected chi connectivity index (χ3v) is 4.42. The third kappa shape index (κ3) is 6.40. The number of benzene rings is 3. The summed E-state index contributed by atoms with van der Waals surface area (Å²) in [7, 11) is 0. The zero-order valence-corrected chi connectivity index (χ0v) is 17.6. The van der Waals surface area contributed by atoms with Crippen LogP contribution in [-0.4, -0.2) is 23.7 Å². The number of ether oxygens (including phenoxy) is 2. The Labute approximate surface area is 185 Å². The molecule has 0 heterocycles. The fourth-order valence-electron chi connectivity index (χ4n) is 2.74. The van der Waals surface area contributed by atoms with Crippen LogP contribution >= 0.6 is 0 Å². The highest BCUT2D eigenvalue weighted by Gasteiger charge is 2.07. The molecule has 0 bridgehead atoms. The average Bonchev–Trinajstić information content (AvgIpc) is 2.82. The molecule has 0 saturated heterocycles. The first-order valence-electron chi connectivity index (χ1n) is 10.1. The zero-order valence-electron chi connectivity index (χ0n) is 17.6. The molecule has 8 heteroatoms. The lowest BCUT2D eigenvalue weighted by Gasteiger charge is -2.09. The van der Waals surface area contributed by atoms with Crippen LogP contribution in [0.25, 0.3) is 0 Å². The van der Waals surface area contributed by atoms with Crippen molar-refractivity contribution in [2.24, 2.45) is 5.10 Å². The van der Waals surface area contributed by atoms with Crippen LogP contribution in [0.1, 0.15) is 34.8 Å². The first-order valence-corrected chi connectivity index (χ1v) is 10.1. The van der Waals surface area contributed by atoms with Crippen molar-refractivity contribution in [1.29, 1.82) is 0 Å². The van der Waals surface area contributed by atoms with Gasteiger partial charge in [-0.3, -0.25) is 14.9 Å². The number of hydrazone groups is 1. The van der Waals surface area contributed by atoms with E-state index in [0.29, 0.717) is 29.2 Å². The van der Waals surface area contributed by atoms with Crippen LogP contribution in [0.15, 0.2) is 77.9 Å². The maximum Gasteiger partial charge on any atom is 0.271 e. The summed E-state index contributed by atoms with van der Waals surface area (Å²) in [6.45, 7) is 2.89. The minimum Gasteiger partial charge on any atom is -0.494 e. The number of non-ortho nitro benzene ring substituents is 1. The van der Waals surface area contributed by atoms with E-state index in [-0.39, 0.29) is 18.2 Å². The molecule has 0 atom stereocenters. The van der Waals surface area contributed by atoms with Gasteiger partial charge in [0.05, 0.1) is 17.7 Å². The Balaban J connectivity index is 1.58. The molecule has 32 heavy (non-hydrogen) atoms. The molecule has 8 nitrogen and oxygen atoms in total. The molecule has 1 amide bonds. The second-order valence-electron chi connectivity index (χ2n) is 6.82. The minimum atomic E-state index is -0.445. The van der Waals surface area contributed by atoms with Gasteiger partial charge >= 0.3 is 0 Å². The first-order chi connectivity index (χ1) is 15.6.